The lowest BCUT2D eigenvalue weighted by atomic mass is 10.0. The van der Waals surface area contributed by atoms with Gasteiger partial charge in [-0.3, -0.25) is 9.59 Å². The SMILES string of the molecule is CC(=O)N(C)C(C)C(OC(=O)[C@@H]1CC(C)=CCN1)c1ccccc1. The zero-order valence-corrected chi connectivity index (χ0v) is 14.8. The lowest BCUT2D eigenvalue weighted by Crippen LogP contribution is -2.44. The number of carbonyl (C=O) groups excluding carboxylic acids is 2. The molecule has 0 radical (unpaired) electrons. The number of ether oxygens (including phenoxy) is 1. The average molecular weight is 330 g/mol. The van der Waals surface area contributed by atoms with Gasteiger partial charge in [-0.1, -0.05) is 42.0 Å². The molecule has 3 atom stereocenters. The van der Waals surface area contributed by atoms with Crippen molar-refractivity contribution in [3.05, 3.63) is 47.5 Å². The molecule has 2 unspecified atom stereocenters. The van der Waals surface area contributed by atoms with Gasteiger partial charge in [-0.05, 0) is 25.8 Å². The second-order valence-corrected chi connectivity index (χ2v) is 6.35. The standard InChI is InChI=1S/C19H26N2O3/c1-13-10-11-20-17(12-13)19(23)24-18(14(2)21(4)15(3)22)16-8-6-5-7-9-16/h5-10,14,17-18,20H,11-12H2,1-4H3/t14?,17-,18?/m0/s1. The van der Waals surface area contributed by atoms with E-state index in [1.807, 2.05) is 44.2 Å². The fourth-order valence-corrected chi connectivity index (χ4v) is 2.80. The molecule has 130 valence electrons. The van der Waals surface area contributed by atoms with Crippen molar-refractivity contribution in [1.82, 2.24) is 10.2 Å². The van der Waals surface area contributed by atoms with Crippen LogP contribution in [0.3, 0.4) is 0 Å². The zero-order valence-electron chi connectivity index (χ0n) is 14.8. The Kier molecular flexibility index (Phi) is 6.15. The first-order chi connectivity index (χ1) is 11.4. The lowest BCUT2D eigenvalue weighted by Gasteiger charge is -2.33. The number of likely N-dealkylation sites (N-methyl/N-ethyl adjacent to an activating group) is 1. The van der Waals surface area contributed by atoms with Gasteiger partial charge in [0, 0.05) is 20.5 Å². The molecule has 0 saturated carbocycles. The van der Waals surface area contributed by atoms with Crippen LogP contribution in [0.5, 0.6) is 0 Å². The van der Waals surface area contributed by atoms with Crippen LogP contribution in [0.15, 0.2) is 42.0 Å². The molecule has 0 aromatic heterocycles. The fourth-order valence-electron chi connectivity index (χ4n) is 2.80. The van der Waals surface area contributed by atoms with Gasteiger partial charge >= 0.3 is 5.97 Å². The Balaban J connectivity index is 2.18. The normalized spacial score (nSPS) is 19.8. The van der Waals surface area contributed by atoms with E-state index in [1.165, 1.54) is 12.5 Å². The van der Waals surface area contributed by atoms with E-state index in [0.717, 1.165) is 5.56 Å². The quantitative estimate of drug-likeness (QED) is 0.665. The Labute approximate surface area is 143 Å². The summed E-state index contributed by atoms with van der Waals surface area (Å²) in [5.74, 6) is -0.339. The van der Waals surface area contributed by atoms with Crippen molar-refractivity contribution in [3.8, 4) is 0 Å². The monoisotopic (exact) mass is 330 g/mol. The molecular formula is C19H26N2O3. The summed E-state index contributed by atoms with van der Waals surface area (Å²) in [5.41, 5.74) is 2.07. The summed E-state index contributed by atoms with van der Waals surface area (Å²) in [6.45, 7) is 6.09. The van der Waals surface area contributed by atoms with Crippen LogP contribution in [0.2, 0.25) is 0 Å². The molecule has 1 amide bonds. The van der Waals surface area contributed by atoms with E-state index in [2.05, 4.69) is 11.4 Å². The molecule has 1 heterocycles. The first-order valence-electron chi connectivity index (χ1n) is 8.28. The van der Waals surface area contributed by atoms with Crippen LogP contribution in [0.4, 0.5) is 0 Å². The smallest absolute Gasteiger partial charge is 0.324 e. The van der Waals surface area contributed by atoms with Gasteiger partial charge in [0.1, 0.15) is 12.1 Å². The molecule has 5 nitrogen and oxygen atoms in total. The van der Waals surface area contributed by atoms with Crippen molar-refractivity contribution in [2.24, 2.45) is 0 Å². The van der Waals surface area contributed by atoms with Crippen LogP contribution in [-0.2, 0) is 14.3 Å². The van der Waals surface area contributed by atoms with Crippen molar-refractivity contribution < 1.29 is 14.3 Å². The molecule has 1 N–H and O–H groups in total. The largest absolute Gasteiger partial charge is 0.454 e. The van der Waals surface area contributed by atoms with E-state index in [1.54, 1.807) is 11.9 Å². The molecule has 0 spiro atoms. The molecule has 0 bridgehead atoms. The van der Waals surface area contributed by atoms with Crippen LogP contribution < -0.4 is 5.32 Å². The first kappa shape index (κ1) is 18.2. The summed E-state index contributed by atoms with van der Waals surface area (Å²) in [4.78, 5) is 25.9. The Hall–Kier alpha value is -2.14. The van der Waals surface area contributed by atoms with Gasteiger partial charge in [0.15, 0.2) is 0 Å². The molecule has 1 aliphatic rings. The topological polar surface area (TPSA) is 58.6 Å². The van der Waals surface area contributed by atoms with Gasteiger partial charge in [0.25, 0.3) is 0 Å². The molecule has 0 aliphatic carbocycles. The lowest BCUT2D eigenvalue weighted by molar-refractivity contribution is -0.157. The third-order valence-corrected chi connectivity index (χ3v) is 4.54. The van der Waals surface area contributed by atoms with E-state index in [-0.39, 0.29) is 24.0 Å². The van der Waals surface area contributed by atoms with E-state index < -0.39 is 6.10 Å². The number of hydrogen-bond donors (Lipinski definition) is 1. The molecular weight excluding hydrogens is 304 g/mol. The molecule has 1 aromatic rings. The minimum atomic E-state index is -0.499. The number of carbonyl (C=O) groups is 2. The van der Waals surface area contributed by atoms with Crippen LogP contribution in [0.1, 0.15) is 38.9 Å². The molecule has 24 heavy (non-hydrogen) atoms. The average Bonchev–Trinajstić information content (AvgIpc) is 2.58. The highest BCUT2D eigenvalue weighted by atomic mass is 16.5. The fraction of sp³-hybridized carbons (Fsp3) is 0.474. The molecule has 0 fully saturated rings. The van der Waals surface area contributed by atoms with Crippen molar-refractivity contribution in [2.75, 3.05) is 13.6 Å². The van der Waals surface area contributed by atoms with E-state index >= 15 is 0 Å². The maximum atomic E-state index is 12.6. The van der Waals surface area contributed by atoms with Crippen LogP contribution >= 0.6 is 0 Å². The second kappa shape index (κ2) is 8.11. The summed E-state index contributed by atoms with van der Waals surface area (Å²) in [6, 6.07) is 8.97. The molecule has 1 aromatic carbocycles. The van der Waals surface area contributed by atoms with Crippen molar-refractivity contribution >= 4 is 11.9 Å². The van der Waals surface area contributed by atoms with Crippen molar-refractivity contribution in [2.45, 2.75) is 45.4 Å². The third kappa shape index (κ3) is 4.45. The molecule has 2 rings (SSSR count). The summed E-state index contributed by atoms with van der Waals surface area (Å²) < 4.78 is 5.83. The van der Waals surface area contributed by atoms with Gasteiger partial charge < -0.3 is 15.0 Å². The first-order valence-corrected chi connectivity index (χ1v) is 8.28. The van der Waals surface area contributed by atoms with Gasteiger partial charge in [0.2, 0.25) is 5.91 Å². The van der Waals surface area contributed by atoms with Crippen LogP contribution in [-0.4, -0.2) is 42.5 Å². The van der Waals surface area contributed by atoms with E-state index in [9.17, 15) is 9.59 Å². The number of amides is 1. The summed E-state index contributed by atoms with van der Waals surface area (Å²) in [7, 11) is 1.72. The highest BCUT2D eigenvalue weighted by Gasteiger charge is 2.31. The number of esters is 1. The van der Waals surface area contributed by atoms with E-state index in [4.69, 9.17) is 4.74 Å². The highest BCUT2D eigenvalue weighted by molar-refractivity contribution is 5.77. The highest BCUT2D eigenvalue weighted by Crippen LogP contribution is 2.26. The minimum Gasteiger partial charge on any atom is -0.454 e. The predicted molar refractivity (Wildman–Crippen MR) is 93.3 cm³/mol. The van der Waals surface area contributed by atoms with E-state index in [0.29, 0.717) is 13.0 Å². The van der Waals surface area contributed by atoms with Gasteiger partial charge in [-0.2, -0.15) is 0 Å². The van der Waals surface area contributed by atoms with Crippen molar-refractivity contribution in [3.63, 3.8) is 0 Å². The molecule has 1 aliphatic heterocycles. The second-order valence-electron chi connectivity index (χ2n) is 6.35. The number of benzene rings is 1. The maximum Gasteiger partial charge on any atom is 0.324 e. The van der Waals surface area contributed by atoms with Crippen LogP contribution in [0, 0.1) is 0 Å². The van der Waals surface area contributed by atoms with Crippen molar-refractivity contribution in [1.29, 1.82) is 0 Å². The number of nitrogens with zero attached hydrogens (tertiary/aromatic N) is 1. The zero-order chi connectivity index (χ0) is 17.7. The van der Waals surface area contributed by atoms with Gasteiger partial charge in [0.05, 0.1) is 6.04 Å². The molecule has 5 heteroatoms. The third-order valence-electron chi connectivity index (χ3n) is 4.54. The summed E-state index contributed by atoms with van der Waals surface area (Å²) in [5, 5.41) is 3.17. The number of rotatable bonds is 5. The number of hydrogen-bond acceptors (Lipinski definition) is 4. The Morgan fingerprint density at radius 3 is 2.54 bits per heavy atom. The van der Waals surface area contributed by atoms with Gasteiger partial charge in [-0.25, -0.2) is 0 Å². The molecule has 0 saturated heterocycles. The van der Waals surface area contributed by atoms with Gasteiger partial charge in [-0.15, -0.1) is 0 Å². The summed E-state index contributed by atoms with van der Waals surface area (Å²) in [6.07, 6.45) is 2.22. The number of nitrogens with one attached hydrogen (secondary N) is 1. The van der Waals surface area contributed by atoms with Crippen LogP contribution in [0.25, 0.3) is 0 Å². The maximum absolute atomic E-state index is 12.6. The Morgan fingerprint density at radius 1 is 1.29 bits per heavy atom. The Morgan fingerprint density at radius 2 is 1.96 bits per heavy atom. The summed E-state index contributed by atoms with van der Waals surface area (Å²) >= 11 is 0. The predicted octanol–water partition coefficient (Wildman–Crippen LogP) is 2.45. The Bertz CT molecular complexity index is 612. The minimum absolute atomic E-state index is 0.0611.